The number of carbonyl (C=O) groups excluding carboxylic acids is 2. The van der Waals surface area contributed by atoms with E-state index < -0.39 is 28.5 Å². The maximum atomic E-state index is 13.6. The minimum absolute atomic E-state index is 0.0606. The van der Waals surface area contributed by atoms with Gasteiger partial charge in [-0.05, 0) is 55.7 Å². The Morgan fingerprint density at radius 1 is 1.08 bits per heavy atom. The molecule has 11 heteroatoms. The van der Waals surface area contributed by atoms with Gasteiger partial charge in [0.1, 0.15) is 12.6 Å². The predicted molar refractivity (Wildman–Crippen MR) is 148 cm³/mol. The molecule has 0 heterocycles. The topological polar surface area (TPSA) is 86.8 Å². The van der Waals surface area contributed by atoms with E-state index >= 15 is 0 Å². The average Bonchev–Trinajstić information content (AvgIpc) is 2.82. The summed E-state index contributed by atoms with van der Waals surface area (Å²) in [5.41, 5.74) is 1.01. The minimum Gasteiger partial charge on any atom is -0.352 e. The SMILES string of the molecule is C[C@@H](C(=O)NC1CCCCC1)N(Cc1ccc(Cl)c(Cl)c1)C(=O)CN(c1cccc(Br)c1)S(C)(=O)=O. The number of hydrogen-bond acceptors (Lipinski definition) is 4. The van der Waals surface area contributed by atoms with Crippen LogP contribution in [0.25, 0.3) is 0 Å². The highest BCUT2D eigenvalue weighted by molar-refractivity contribution is 9.10. The highest BCUT2D eigenvalue weighted by atomic mass is 79.9. The standard InChI is InChI=1S/C25H30BrCl2N3O4S/c1-17(25(33)29-20-8-4-3-5-9-20)30(15-18-11-12-22(27)23(28)13-18)24(32)16-31(36(2,34)35)21-10-6-7-19(26)14-21/h6-7,10-14,17,20H,3-5,8-9,15-16H2,1-2H3,(H,29,33)/t17-/m0/s1. The van der Waals surface area contributed by atoms with E-state index in [-0.39, 0.29) is 18.5 Å². The molecule has 2 amide bonds. The Bertz CT molecular complexity index is 1210. The highest BCUT2D eigenvalue weighted by Crippen LogP contribution is 2.26. The van der Waals surface area contributed by atoms with E-state index in [4.69, 9.17) is 23.2 Å². The molecule has 1 atom stereocenters. The number of carbonyl (C=O) groups is 2. The Labute approximate surface area is 231 Å². The van der Waals surface area contributed by atoms with Crippen molar-refractivity contribution in [2.24, 2.45) is 0 Å². The number of rotatable bonds is 9. The molecule has 1 saturated carbocycles. The fraction of sp³-hybridized carbons (Fsp3) is 0.440. The molecule has 196 valence electrons. The molecule has 7 nitrogen and oxygen atoms in total. The van der Waals surface area contributed by atoms with Crippen molar-refractivity contribution in [2.45, 2.75) is 57.7 Å². The molecule has 0 aliphatic heterocycles. The van der Waals surface area contributed by atoms with Gasteiger partial charge in [0.2, 0.25) is 21.8 Å². The van der Waals surface area contributed by atoms with E-state index in [0.717, 1.165) is 42.7 Å². The molecule has 0 aromatic heterocycles. The Kier molecular flexibility index (Phi) is 10.1. The molecular formula is C25H30BrCl2N3O4S. The molecular weight excluding hydrogens is 589 g/mol. The summed E-state index contributed by atoms with van der Waals surface area (Å²) in [6.45, 7) is 1.25. The lowest BCUT2D eigenvalue weighted by Crippen LogP contribution is -2.52. The first kappa shape index (κ1) is 28.8. The largest absolute Gasteiger partial charge is 0.352 e. The number of hydrogen-bond donors (Lipinski definition) is 1. The van der Waals surface area contributed by atoms with Crippen LogP contribution in [0.15, 0.2) is 46.9 Å². The van der Waals surface area contributed by atoms with Crippen LogP contribution in [0.2, 0.25) is 10.0 Å². The van der Waals surface area contributed by atoms with Crippen molar-refractivity contribution < 1.29 is 18.0 Å². The third-order valence-electron chi connectivity index (χ3n) is 6.23. The van der Waals surface area contributed by atoms with Crippen LogP contribution in [0.1, 0.15) is 44.6 Å². The zero-order chi connectivity index (χ0) is 26.5. The lowest BCUT2D eigenvalue weighted by atomic mass is 9.95. The van der Waals surface area contributed by atoms with Crippen LogP contribution < -0.4 is 9.62 Å². The van der Waals surface area contributed by atoms with Gasteiger partial charge < -0.3 is 10.2 Å². The normalized spacial score (nSPS) is 15.2. The van der Waals surface area contributed by atoms with Gasteiger partial charge in [-0.25, -0.2) is 8.42 Å². The molecule has 0 unspecified atom stereocenters. The van der Waals surface area contributed by atoms with Gasteiger partial charge in [0.05, 0.1) is 22.0 Å². The third-order valence-corrected chi connectivity index (χ3v) is 8.60. The van der Waals surface area contributed by atoms with Crippen LogP contribution in [0.4, 0.5) is 5.69 Å². The number of sulfonamides is 1. The van der Waals surface area contributed by atoms with Crippen LogP contribution in [0, 0.1) is 0 Å². The Hall–Kier alpha value is -1.81. The van der Waals surface area contributed by atoms with Gasteiger partial charge in [0, 0.05) is 17.1 Å². The number of nitrogens with one attached hydrogen (secondary N) is 1. The number of benzene rings is 2. The molecule has 0 bridgehead atoms. The van der Waals surface area contributed by atoms with E-state index in [1.165, 1.54) is 4.90 Å². The fourth-order valence-corrected chi connectivity index (χ4v) is 5.78. The molecule has 0 radical (unpaired) electrons. The molecule has 1 fully saturated rings. The second-order valence-corrected chi connectivity index (χ2v) is 12.7. The van der Waals surface area contributed by atoms with Crippen molar-refractivity contribution in [3.8, 4) is 0 Å². The maximum Gasteiger partial charge on any atom is 0.244 e. The monoisotopic (exact) mass is 617 g/mol. The zero-order valence-corrected chi connectivity index (χ0v) is 24.1. The number of nitrogens with zero attached hydrogens (tertiary/aromatic N) is 2. The van der Waals surface area contributed by atoms with Gasteiger partial charge in [-0.2, -0.15) is 0 Å². The van der Waals surface area contributed by atoms with E-state index in [2.05, 4.69) is 21.2 Å². The quantitative estimate of drug-likeness (QED) is 0.408. The summed E-state index contributed by atoms with van der Waals surface area (Å²) in [7, 11) is -3.79. The van der Waals surface area contributed by atoms with Crippen LogP contribution >= 0.6 is 39.1 Å². The van der Waals surface area contributed by atoms with Crippen LogP contribution in [0.3, 0.4) is 0 Å². The van der Waals surface area contributed by atoms with Crippen LogP contribution in [-0.4, -0.2) is 50.0 Å². The van der Waals surface area contributed by atoms with E-state index in [1.54, 1.807) is 49.4 Å². The van der Waals surface area contributed by atoms with Crippen molar-refractivity contribution in [2.75, 3.05) is 17.1 Å². The van der Waals surface area contributed by atoms with E-state index in [0.29, 0.717) is 25.8 Å². The van der Waals surface area contributed by atoms with Gasteiger partial charge in [0.15, 0.2) is 0 Å². The number of anilines is 1. The zero-order valence-electron chi connectivity index (χ0n) is 20.2. The summed E-state index contributed by atoms with van der Waals surface area (Å²) < 4.78 is 27.0. The Balaban J connectivity index is 1.89. The first-order valence-electron chi connectivity index (χ1n) is 11.7. The molecule has 1 aliphatic rings. The molecule has 36 heavy (non-hydrogen) atoms. The van der Waals surface area contributed by atoms with Gasteiger partial charge in [-0.3, -0.25) is 13.9 Å². The summed E-state index contributed by atoms with van der Waals surface area (Å²) in [6.07, 6.45) is 6.13. The lowest BCUT2D eigenvalue weighted by molar-refractivity contribution is -0.139. The molecule has 2 aromatic rings. The number of amides is 2. The van der Waals surface area contributed by atoms with E-state index in [1.807, 2.05) is 0 Å². The van der Waals surface area contributed by atoms with Crippen LogP contribution in [0.5, 0.6) is 0 Å². The summed E-state index contributed by atoms with van der Waals surface area (Å²) in [5, 5.41) is 3.77. The lowest BCUT2D eigenvalue weighted by Gasteiger charge is -2.33. The summed E-state index contributed by atoms with van der Waals surface area (Å²) in [4.78, 5) is 28.2. The average molecular weight is 619 g/mol. The second-order valence-electron chi connectivity index (χ2n) is 9.04. The molecule has 0 spiro atoms. The first-order chi connectivity index (χ1) is 17.0. The Morgan fingerprint density at radius 2 is 1.78 bits per heavy atom. The molecule has 1 aliphatic carbocycles. The van der Waals surface area contributed by atoms with Crippen molar-refractivity contribution in [1.29, 1.82) is 0 Å². The molecule has 1 N–H and O–H groups in total. The first-order valence-corrected chi connectivity index (χ1v) is 15.1. The van der Waals surface area contributed by atoms with Gasteiger partial charge >= 0.3 is 0 Å². The van der Waals surface area contributed by atoms with Gasteiger partial charge in [-0.1, -0.05) is 70.5 Å². The van der Waals surface area contributed by atoms with Gasteiger partial charge in [-0.15, -0.1) is 0 Å². The van der Waals surface area contributed by atoms with Crippen molar-refractivity contribution in [3.63, 3.8) is 0 Å². The fourth-order valence-electron chi connectivity index (χ4n) is 4.23. The van der Waals surface area contributed by atoms with Crippen molar-refractivity contribution >= 4 is 66.7 Å². The molecule has 0 saturated heterocycles. The van der Waals surface area contributed by atoms with Crippen LogP contribution in [-0.2, 0) is 26.2 Å². The van der Waals surface area contributed by atoms with Gasteiger partial charge in [0.25, 0.3) is 0 Å². The maximum absolute atomic E-state index is 13.6. The Morgan fingerprint density at radius 3 is 2.39 bits per heavy atom. The number of halogens is 3. The minimum atomic E-state index is -3.79. The summed E-state index contributed by atoms with van der Waals surface area (Å²) >= 11 is 15.6. The van der Waals surface area contributed by atoms with Crippen molar-refractivity contribution in [1.82, 2.24) is 10.2 Å². The molecule has 3 rings (SSSR count). The predicted octanol–water partition coefficient (Wildman–Crippen LogP) is 5.39. The highest BCUT2D eigenvalue weighted by Gasteiger charge is 2.31. The van der Waals surface area contributed by atoms with Crippen molar-refractivity contribution in [3.05, 3.63) is 62.5 Å². The second kappa shape index (κ2) is 12.6. The smallest absolute Gasteiger partial charge is 0.244 e. The summed E-state index contributed by atoms with van der Waals surface area (Å²) in [6, 6.07) is 10.9. The van der Waals surface area contributed by atoms with E-state index in [9.17, 15) is 18.0 Å². The summed E-state index contributed by atoms with van der Waals surface area (Å²) in [5.74, 6) is -0.790. The molecule has 2 aromatic carbocycles. The third kappa shape index (κ3) is 7.84.